The lowest BCUT2D eigenvalue weighted by molar-refractivity contribution is 0.0390. The van der Waals surface area contributed by atoms with E-state index in [0.29, 0.717) is 5.54 Å². The summed E-state index contributed by atoms with van der Waals surface area (Å²) in [7, 11) is 0. The predicted molar refractivity (Wildman–Crippen MR) is 77.8 cm³/mol. The Balaban J connectivity index is 1.96. The second-order valence-corrected chi connectivity index (χ2v) is 6.92. The molecular weight excluding hydrogens is 228 g/mol. The Morgan fingerprint density at radius 3 is 2.76 bits per heavy atom. The molecule has 100 valence electrons. The van der Waals surface area contributed by atoms with E-state index in [4.69, 9.17) is 0 Å². The van der Waals surface area contributed by atoms with Gasteiger partial charge in [0.1, 0.15) is 0 Å². The summed E-state index contributed by atoms with van der Waals surface area (Å²) in [5.41, 5.74) is 0.444. The molecule has 1 aliphatic heterocycles. The van der Waals surface area contributed by atoms with Crippen LogP contribution in [-0.4, -0.2) is 48.1 Å². The molecule has 1 saturated carbocycles. The monoisotopic (exact) mass is 256 g/mol. The van der Waals surface area contributed by atoms with E-state index >= 15 is 0 Å². The molecule has 0 aromatic heterocycles. The number of nitrogens with zero attached hydrogens (tertiary/aromatic N) is 1. The summed E-state index contributed by atoms with van der Waals surface area (Å²) in [6.07, 6.45) is 7.75. The normalized spacial score (nSPS) is 35.1. The molecule has 1 aliphatic carbocycles. The summed E-state index contributed by atoms with van der Waals surface area (Å²) in [5, 5.41) is 3.79. The van der Waals surface area contributed by atoms with Crippen molar-refractivity contribution >= 4 is 11.8 Å². The Morgan fingerprint density at radius 1 is 1.41 bits per heavy atom. The zero-order chi connectivity index (χ0) is 12.3. The smallest absolute Gasteiger partial charge is 0.0335 e. The Kier molecular flexibility index (Phi) is 4.79. The van der Waals surface area contributed by atoms with Crippen molar-refractivity contribution in [2.45, 2.75) is 51.1 Å². The molecule has 1 N–H and O–H groups in total. The SMILES string of the molecule is CCCC1CN(CCSC)C(C)(C2CC2)CN1. The van der Waals surface area contributed by atoms with Gasteiger partial charge in [-0.2, -0.15) is 11.8 Å². The minimum absolute atomic E-state index is 0.444. The van der Waals surface area contributed by atoms with Crippen LogP contribution in [0, 0.1) is 5.92 Å². The summed E-state index contributed by atoms with van der Waals surface area (Å²) < 4.78 is 0. The number of rotatable bonds is 6. The highest BCUT2D eigenvalue weighted by molar-refractivity contribution is 7.98. The lowest BCUT2D eigenvalue weighted by Crippen LogP contribution is -2.64. The van der Waals surface area contributed by atoms with Gasteiger partial charge in [0, 0.05) is 37.0 Å². The first-order chi connectivity index (χ1) is 8.20. The van der Waals surface area contributed by atoms with E-state index in [1.54, 1.807) is 0 Å². The molecule has 2 fully saturated rings. The van der Waals surface area contributed by atoms with Crippen LogP contribution in [0.5, 0.6) is 0 Å². The van der Waals surface area contributed by atoms with E-state index < -0.39 is 0 Å². The third kappa shape index (κ3) is 3.18. The molecule has 3 heteroatoms. The van der Waals surface area contributed by atoms with Crippen LogP contribution in [0.15, 0.2) is 0 Å². The van der Waals surface area contributed by atoms with E-state index in [-0.39, 0.29) is 0 Å². The maximum atomic E-state index is 3.79. The molecule has 2 atom stereocenters. The van der Waals surface area contributed by atoms with Crippen LogP contribution in [0.4, 0.5) is 0 Å². The highest BCUT2D eigenvalue weighted by Crippen LogP contribution is 2.44. The zero-order valence-electron chi connectivity index (χ0n) is 11.7. The van der Waals surface area contributed by atoms with Crippen LogP contribution in [0.3, 0.4) is 0 Å². The molecular formula is C14H28N2S. The van der Waals surface area contributed by atoms with Gasteiger partial charge in [-0.3, -0.25) is 4.90 Å². The zero-order valence-corrected chi connectivity index (χ0v) is 12.5. The third-order valence-corrected chi connectivity index (χ3v) is 5.16. The lowest BCUT2D eigenvalue weighted by Gasteiger charge is -2.49. The van der Waals surface area contributed by atoms with Crippen LogP contribution in [0.25, 0.3) is 0 Å². The molecule has 2 nitrogen and oxygen atoms in total. The van der Waals surface area contributed by atoms with Gasteiger partial charge in [0.05, 0.1) is 0 Å². The Bertz CT molecular complexity index is 242. The number of hydrogen-bond acceptors (Lipinski definition) is 3. The molecule has 0 aromatic rings. The number of piperazine rings is 1. The van der Waals surface area contributed by atoms with Crippen molar-refractivity contribution in [2.75, 3.05) is 31.6 Å². The average molecular weight is 256 g/mol. The van der Waals surface area contributed by atoms with Crippen molar-refractivity contribution in [1.29, 1.82) is 0 Å². The second kappa shape index (κ2) is 5.94. The topological polar surface area (TPSA) is 15.3 Å². The van der Waals surface area contributed by atoms with E-state index in [0.717, 1.165) is 12.0 Å². The van der Waals surface area contributed by atoms with E-state index in [1.165, 1.54) is 51.1 Å². The van der Waals surface area contributed by atoms with Crippen LogP contribution in [-0.2, 0) is 0 Å². The molecule has 0 amide bonds. The van der Waals surface area contributed by atoms with Gasteiger partial charge in [-0.1, -0.05) is 13.3 Å². The molecule has 2 aliphatic rings. The van der Waals surface area contributed by atoms with Gasteiger partial charge in [0.2, 0.25) is 0 Å². The van der Waals surface area contributed by atoms with Crippen molar-refractivity contribution < 1.29 is 0 Å². The van der Waals surface area contributed by atoms with Crippen LogP contribution < -0.4 is 5.32 Å². The van der Waals surface area contributed by atoms with Crippen LogP contribution in [0.1, 0.15) is 39.5 Å². The second-order valence-electron chi connectivity index (χ2n) is 5.94. The minimum atomic E-state index is 0.444. The molecule has 0 bridgehead atoms. The molecule has 0 spiro atoms. The van der Waals surface area contributed by atoms with Crippen LogP contribution >= 0.6 is 11.8 Å². The van der Waals surface area contributed by atoms with E-state index in [1.807, 2.05) is 11.8 Å². The van der Waals surface area contributed by atoms with Gasteiger partial charge in [-0.25, -0.2) is 0 Å². The fourth-order valence-corrected chi connectivity index (χ4v) is 3.60. The summed E-state index contributed by atoms with van der Waals surface area (Å²) >= 11 is 1.98. The Morgan fingerprint density at radius 2 is 2.18 bits per heavy atom. The minimum Gasteiger partial charge on any atom is -0.311 e. The summed E-state index contributed by atoms with van der Waals surface area (Å²) in [6, 6.07) is 0.730. The van der Waals surface area contributed by atoms with Crippen LogP contribution in [0.2, 0.25) is 0 Å². The highest BCUT2D eigenvalue weighted by atomic mass is 32.2. The lowest BCUT2D eigenvalue weighted by atomic mass is 9.89. The van der Waals surface area contributed by atoms with Crippen molar-refractivity contribution in [2.24, 2.45) is 5.92 Å². The van der Waals surface area contributed by atoms with Gasteiger partial charge in [-0.05, 0) is 38.4 Å². The highest BCUT2D eigenvalue weighted by Gasteiger charge is 2.47. The largest absolute Gasteiger partial charge is 0.311 e. The third-order valence-electron chi connectivity index (χ3n) is 4.57. The van der Waals surface area contributed by atoms with Gasteiger partial charge in [0.15, 0.2) is 0 Å². The Labute approximate surface area is 111 Å². The first-order valence-electron chi connectivity index (χ1n) is 7.18. The quantitative estimate of drug-likeness (QED) is 0.786. The molecule has 1 heterocycles. The fourth-order valence-electron chi connectivity index (χ4n) is 3.20. The van der Waals surface area contributed by atoms with Gasteiger partial charge in [0.25, 0.3) is 0 Å². The fraction of sp³-hybridized carbons (Fsp3) is 1.00. The molecule has 17 heavy (non-hydrogen) atoms. The molecule has 0 aromatic carbocycles. The van der Waals surface area contributed by atoms with Crippen molar-refractivity contribution in [3.05, 3.63) is 0 Å². The van der Waals surface area contributed by atoms with Crippen molar-refractivity contribution in [1.82, 2.24) is 10.2 Å². The molecule has 2 rings (SSSR count). The van der Waals surface area contributed by atoms with Gasteiger partial charge >= 0.3 is 0 Å². The first-order valence-corrected chi connectivity index (χ1v) is 8.57. The number of hydrogen-bond donors (Lipinski definition) is 1. The van der Waals surface area contributed by atoms with Gasteiger partial charge < -0.3 is 5.32 Å². The number of thioether (sulfide) groups is 1. The van der Waals surface area contributed by atoms with Crippen molar-refractivity contribution in [3.8, 4) is 0 Å². The molecule has 0 radical (unpaired) electrons. The summed E-state index contributed by atoms with van der Waals surface area (Å²) in [6.45, 7) is 8.52. The summed E-state index contributed by atoms with van der Waals surface area (Å²) in [4.78, 5) is 2.79. The Hall–Kier alpha value is 0.270. The average Bonchev–Trinajstić information content (AvgIpc) is 3.14. The van der Waals surface area contributed by atoms with E-state index in [2.05, 4.69) is 30.3 Å². The maximum Gasteiger partial charge on any atom is 0.0335 e. The standard InChI is InChI=1S/C14H28N2S/c1-4-5-13-10-16(8-9-17-3)14(2,11-15-13)12-6-7-12/h12-13,15H,4-11H2,1-3H3. The predicted octanol–water partition coefficient (Wildman–Crippen LogP) is 2.59. The summed E-state index contributed by atoms with van der Waals surface area (Å²) in [5.74, 6) is 2.24. The van der Waals surface area contributed by atoms with E-state index in [9.17, 15) is 0 Å². The molecule has 1 saturated heterocycles. The van der Waals surface area contributed by atoms with Gasteiger partial charge in [-0.15, -0.1) is 0 Å². The molecule has 2 unspecified atom stereocenters. The maximum absolute atomic E-state index is 3.79. The first kappa shape index (κ1) is 13.7. The van der Waals surface area contributed by atoms with Crippen molar-refractivity contribution in [3.63, 3.8) is 0 Å². The number of nitrogens with one attached hydrogen (secondary N) is 1.